The molecule has 0 aliphatic heterocycles. The molecular formula is C12H26N2O2. The Morgan fingerprint density at radius 2 is 2.12 bits per heavy atom. The standard InChI is InChI=1S/C12H26N2O2/c1-5-7-8-16-10(3)9-12(4,11(13)15)14-6-2/h10,14H,5-9H2,1-4H3,(H2,13,15). The maximum absolute atomic E-state index is 11.4. The van der Waals surface area contributed by atoms with E-state index in [0.29, 0.717) is 6.42 Å². The number of ether oxygens (including phenoxy) is 1. The number of unbranched alkanes of at least 4 members (excludes halogenated alkanes) is 1. The lowest BCUT2D eigenvalue weighted by atomic mass is 9.94. The van der Waals surface area contributed by atoms with Crippen molar-refractivity contribution >= 4 is 5.91 Å². The van der Waals surface area contributed by atoms with Crippen LogP contribution in [-0.2, 0) is 9.53 Å². The normalized spacial score (nSPS) is 16.8. The van der Waals surface area contributed by atoms with Gasteiger partial charge in [0.05, 0.1) is 11.6 Å². The zero-order valence-corrected chi connectivity index (χ0v) is 11.0. The molecule has 0 aromatic carbocycles. The predicted molar refractivity (Wildman–Crippen MR) is 66.2 cm³/mol. The van der Waals surface area contributed by atoms with Gasteiger partial charge >= 0.3 is 0 Å². The van der Waals surface area contributed by atoms with Crippen LogP contribution in [-0.4, -0.2) is 30.7 Å². The molecule has 3 N–H and O–H groups in total. The van der Waals surface area contributed by atoms with E-state index in [-0.39, 0.29) is 12.0 Å². The highest BCUT2D eigenvalue weighted by atomic mass is 16.5. The van der Waals surface area contributed by atoms with Crippen LogP contribution in [0.1, 0.15) is 47.0 Å². The first-order chi connectivity index (χ1) is 7.46. The van der Waals surface area contributed by atoms with Crippen LogP contribution in [0.3, 0.4) is 0 Å². The smallest absolute Gasteiger partial charge is 0.237 e. The number of primary amides is 1. The van der Waals surface area contributed by atoms with Gasteiger partial charge in [-0.3, -0.25) is 4.79 Å². The lowest BCUT2D eigenvalue weighted by molar-refractivity contribution is -0.125. The van der Waals surface area contributed by atoms with E-state index < -0.39 is 5.54 Å². The van der Waals surface area contributed by atoms with Crippen molar-refractivity contribution in [3.63, 3.8) is 0 Å². The van der Waals surface area contributed by atoms with Crippen molar-refractivity contribution in [1.29, 1.82) is 0 Å². The van der Waals surface area contributed by atoms with Gasteiger partial charge in [-0.25, -0.2) is 0 Å². The molecule has 2 atom stereocenters. The number of rotatable bonds is 9. The van der Waals surface area contributed by atoms with E-state index in [9.17, 15) is 4.79 Å². The topological polar surface area (TPSA) is 64.3 Å². The average molecular weight is 230 g/mol. The van der Waals surface area contributed by atoms with Crippen LogP contribution in [0.25, 0.3) is 0 Å². The summed E-state index contributed by atoms with van der Waals surface area (Å²) in [6.45, 7) is 9.37. The van der Waals surface area contributed by atoms with E-state index in [1.54, 1.807) is 0 Å². The van der Waals surface area contributed by atoms with Gasteiger partial charge in [-0.15, -0.1) is 0 Å². The Kier molecular flexibility index (Phi) is 7.34. The molecule has 0 bridgehead atoms. The van der Waals surface area contributed by atoms with Gasteiger partial charge in [0.15, 0.2) is 0 Å². The van der Waals surface area contributed by atoms with Gasteiger partial charge in [-0.2, -0.15) is 0 Å². The van der Waals surface area contributed by atoms with Crippen molar-refractivity contribution in [2.45, 2.75) is 58.6 Å². The van der Waals surface area contributed by atoms with E-state index in [1.807, 2.05) is 20.8 Å². The van der Waals surface area contributed by atoms with Crippen LogP contribution in [0, 0.1) is 0 Å². The maximum atomic E-state index is 11.4. The van der Waals surface area contributed by atoms with Crippen molar-refractivity contribution in [3.05, 3.63) is 0 Å². The Bertz CT molecular complexity index is 209. The molecule has 0 aliphatic carbocycles. The molecule has 0 aliphatic rings. The summed E-state index contributed by atoms with van der Waals surface area (Å²) >= 11 is 0. The molecule has 0 rings (SSSR count). The molecule has 0 saturated carbocycles. The molecule has 0 fully saturated rings. The lowest BCUT2D eigenvalue weighted by Gasteiger charge is -2.29. The summed E-state index contributed by atoms with van der Waals surface area (Å²) < 4.78 is 5.63. The maximum Gasteiger partial charge on any atom is 0.237 e. The number of likely N-dealkylation sites (N-methyl/N-ethyl adjacent to an activating group) is 1. The number of nitrogens with two attached hydrogens (primary N) is 1. The first kappa shape index (κ1) is 15.4. The van der Waals surface area contributed by atoms with E-state index in [4.69, 9.17) is 10.5 Å². The third-order valence-corrected chi connectivity index (χ3v) is 2.71. The van der Waals surface area contributed by atoms with E-state index in [1.165, 1.54) is 0 Å². The number of carbonyl (C=O) groups excluding carboxylic acids is 1. The molecule has 96 valence electrons. The van der Waals surface area contributed by atoms with Gasteiger partial charge in [-0.05, 0) is 26.8 Å². The number of amides is 1. The van der Waals surface area contributed by atoms with Crippen LogP contribution in [0.2, 0.25) is 0 Å². The SMILES string of the molecule is CCCCOC(C)CC(C)(NCC)C(N)=O. The second kappa shape index (κ2) is 7.63. The van der Waals surface area contributed by atoms with Gasteiger partial charge in [0, 0.05) is 13.0 Å². The second-order valence-corrected chi connectivity index (χ2v) is 4.47. The highest BCUT2D eigenvalue weighted by Crippen LogP contribution is 2.14. The van der Waals surface area contributed by atoms with Gasteiger partial charge in [0.1, 0.15) is 0 Å². The molecule has 2 unspecified atom stereocenters. The Morgan fingerprint density at radius 3 is 2.56 bits per heavy atom. The Hall–Kier alpha value is -0.610. The predicted octanol–water partition coefficient (Wildman–Crippen LogP) is 1.44. The lowest BCUT2D eigenvalue weighted by Crippen LogP contribution is -2.54. The summed E-state index contributed by atoms with van der Waals surface area (Å²) in [4.78, 5) is 11.4. The second-order valence-electron chi connectivity index (χ2n) is 4.47. The minimum absolute atomic E-state index is 0.0445. The summed E-state index contributed by atoms with van der Waals surface area (Å²) in [6, 6.07) is 0. The summed E-state index contributed by atoms with van der Waals surface area (Å²) in [5.74, 6) is -0.319. The van der Waals surface area contributed by atoms with E-state index >= 15 is 0 Å². The fourth-order valence-corrected chi connectivity index (χ4v) is 1.71. The first-order valence-corrected chi connectivity index (χ1v) is 6.12. The summed E-state index contributed by atoms with van der Waals surface area (Å²) in [5, 5.41) is 3.13. The highest BCUT2D eigenvalue weighted by Gasteiger charge is 2.31. The molecule has 0 saturated heterocycles. The minimum Gasteiger partial charge on any atom is -0.378 e. The average Bonchev–Trinajstić information content (AvgIpc) is 2.18. The largest absolute Gasteiger partial charge is 0.378 e. The first-order valence-electron chi connectivity index (χ1n) is 6.12. The highest BCUT2D eigenvalue weighted by molar-refractivity contribution is 5.84. The van der Waals surface area contributed by atoms with Gasteiger partial charge in [0.25, 0.3) is 0 Å². The molecule has 4 heteroatoms. The fourth-order valence-electron chi connectivity index (χ4n) is 1.71. The van der Waals surface area contributed by atoms with E-state index in [2.05, 4.69) is 12.2 Å². The monoisotopic (exact) mass is 230 g/mol. The van der Waals surface area contributed by atoms with Crippen molar-refractivity contribution < 1.29 is 9.53 Å². The Labute approximate surface area is 98.9 Å². The zero-order chi connectivity index (χ0) is 12.6. The molecule has 0 heterocycles. The molecule has 0 aromatic heterocycles. The van der Waals surface area contributed by atoms with Crippen molar-refractivity contribution in [1.82, 2.24) is 5.32 Å². The van der Waals surface area contributed by atoms with Crippen molar-refractivity contribution in [2.24, 2.45) is 5.73 Å². The van der Waals surface area contributed by atoms with Crippen LogP contribution in [0.15, 0.2) is 0 Å². The molecule has 4 nitrogen and oxygen atoms in total. The number of nitrogens with one attached hydrogen (secondary N) is 1. The van der Waals surface area contributed by atoms with Crippen LogP contribution >= 0.6 is 0 Å². The number of hydrogen-bond acceptors (Lipinski definition) is 3. The quantitative estimate of drug-likeness (QED) is 0.589. The zero-order valence-electron chi connectivity index (χ0n) is 11.0. The third-order valence-electron chi connectivity index (χ3n) is 2.71. The summed E-state index contributed by atoms with van der Waals surface area (Å²) in [5.41, 5.74) is 4.74. The molecule has 16 heavy (non-hydrogen) atoms. The third kappa shape index (κ3) is 5.47. The Balaban J connectivity index is 4.13. The summed E-state index contributed by atoms with van der Waals surface area (Å²) in [7, 11) is 0. The molecule has 1 amide bonds. The van der Waals surface area contributed by atoms with Crippen molar-refractivity contribution in [2.75, 3.05) is 13.2 Å². The fraction of sp³-hybridized carbons (Fsp3) is 0.917. The minimum atomic E-state index is -0.666. The van der Waals surface area contributed by atoms with Crippen LogP contribution in [0.4, 0.5) is 0 Å². The molecule has 0 spiro atoms. The molecular weight excluding hydrogens is 204 g/mol. The Morgan fingerprint density at radius 1 is 1.50 bits per heavy atom. The van der Waals surface area contributed by atoms with E-state index in [0.717, 1.165) is 26.0 Å². The molecule has 0 aromatic rings. The van der Waals surface area contributed by atoms with Gasteiger partial charge in [-0.1, -0.05) is 20.3 Å². The molecule has 0 radical (unpaired) electrons. The number of hydrogen-bond donors (Lipinski definition) is 2. The summed E-state index contributed by atoms with van der Waals surface area (Å²) in [6.07, 6.45) is 2.83. The van der Waals surface area contributed by atoms with Crippen molar-refractivity contribution in [3.8, 4) is 0 Å². The van der Waals surface area contributed by atoms with Crippen LogP contribution < -0.4 is 11.1 Å². The van der Waals surface area contributed by atoms with Crippen LogP contribution in [0.5, 0.6) is 0 Å². The van der Waals surface area contributed by atoms with Gasteiger partial charge < -0.3 is 15.8 Å². The van der Waals surface area contributed by atoms with Gasteiger partial charge in [0.2, 0.25) is 5.91 Å². The number of carbonyl (C=O) groups is 1.